The number of rotatable bonds is 4. The molecule has 0 atom stereocenters. The SMILES string of the molecule is Cn1cc(C(=O)N(c2c(F)cccc2-c2ccc(F)c(F)c2)C(F)F)cn1. The number of hydrogen-bond donors (Lipinski definition) is 0. The second kappa shape index (κ2) is 7.18. The summed E-state index contributed by atoms with van der Waals surface area (Å²) in [5.41, 5.74) is -1.18. The van der Waals surface area contributed by atoms with E-state index >= 15 is 0 Å². The molecule has 3 rings (SSSR count). The predicted octanol–water partition coefficient (Wildman–Crippen LogP) is 4.37. The lowest BCUT2D eigenvalue weighted by Gasteiger charge is -2.24. The highest BCUT2D eigenvalue weighted by Crippen LogP contribution is 2.36. The Morgan fingerprint density at radius 3 is 2.41 bits per heavy atom. The number of amides is 1. The Morgan fingerprint density at radius 2 is 1.81 bits per heavy atom. The molecule has 27 heavy (non-hydrogen) atoms. The summed E-state index contributed by atoms with van der Waals surface area (Å²) in [5, 5.41) is 3.74. The first kappa shape index (κ1) is 18.6. The number of aryl methyl sites for hydroxylation is 1. The second-order valence-corrected chi connectivity index (χ2v) is 5.62. The number of para-hydroxylation sites is 1. The molecule has 0 aliphatic carbocycles. The molecule has 4 nitrogen and oxygen atoms in total. The fraction of sp³-hybridized carbons (Fsp3) is 0.111. The predicted molar refractivity (Wildman–Crippen MR) is 87.8 cm³/mol. The van der Waals surface area contributed by atoms with E-state index in [1.54, 1.807) is 0 Å². The Kier molecular flexibility index (Phi) is 4.93. The van der Waals surface area contributed by atoms with Crippen molar-refractivity contribution in [2.45, 2.75) is 6.55 Å². The van der Waals surface area contributed by atoms with Crippen molar-refractivity contribution in [1.29, 1.82) is 0 Å². The van der Waals surface area contributed by atoms with Crippen LogP contribution in [0.2, 0.25) is 0 Å². The number of alkyl halides is 2. The third kappa shape index (κ3) is 3.53. The van der Waals surface area contributed by atoms with Crippen molar-refractivity contribution in [2.75, 3.05) is 4.90 Å². The van der Waals surface area contributed by atoms with E-state index in [9.17, 15) is 26.7 Å². The summed E-state index contributed by atoms with van der Waals surface area (Å²) in [7, 11) is 1.49. The summed E-state index contributed by atoms with van der Waals surface area (Å²) < 4.78 is 69.9. The monoisotopic (exact) mass is 381 g/mol. The van der Waals surface area contributed by atoms with Gasteiger partial charge < -0.3 is 0 Å². The second-order valence-electron chi connectivity index (χ2n) is 5.62. The molecule has 0 aliphatic rings. The van der Waals surface area contributed by atoms with Crippen molar-refractivity contribution in [1.82, 2.24) is 9.78 Å². The molecule has 0 N–H and O–H groups in total. The van der Waals surface area contributed by atoms with E-state index in [4.69, 9.17) is 0 Å². The van der Waals surface area contributed by atoms with Crippen LogP contribution >= 0.6 is 0 Å². The van der Waals surface area contributed by atoms with Crippen molar-refractivity contribution in [3.8, 4) is 11.1 Å². The van der Waals surface area contributed by atoms with Crippen LogP contribution in [0.25, 0.3) is 11.1 Å². The van der Waals surface area contributed by atoms with Gasteiger partial charge in [-0.2, -0.15) is 13.9 Å². The highest BCUT2D eigenvalue weighted by molar-refractivity contribution is 6.08. The van der Waals surface area contributed by atoms with Crippen LogP contribution < -0.4 is 4.90 Å². The summed E-state index contributed by atoms with van der Waals surface area (Å²) in [5.74, 6) is -4.68. The molecule has 0 bridgehead atoms. The summed E-state index contributed by atoms with van der Waals surface area (Å²) in [6, 6.07) is 5.98. The Bertz CT molecular complexity index is 1000. The van der Waals surface area contributed by atoms with Gasteiger partial charge >= 0.3 is 6.55 Å². The molecule has 0 radical (unpaired) electrons. The minimum Gasteiger partial charge on any atom is -0.275 e. The van der Waals surface area contributed by atoms with Crippen LogP contribution in [-0.4, -0.2) is 22.2 Å². The number of carbonyl (C=O) groups excluding carboxylic acids is 1. The maximum atomic E-state index is 14.5. The van der Waals surface area contributed by atoms with E-state index in [-0.39, 0.29) is 21.6 Å². The normalized spacial score (nSPS) is 11.1. The van der Waals surface area contributed by atoms with Gasteiger partial charge in [0.2, 0.25) is 0 Å². The number of anilines is 1. The molecule has 1 heterocycles. The van der Waals surface area contributed by atoms with Gasteiger partial charge in [-0.15, -0.1) is 0 Å². The smallest absolute Gasteiger partial charge is 0.275 e. The van der Waals surface area contributed by atoms with Crippen LogP contribution in [0.1, 0.15) is 10.4 Å². The van der Waals surface area contributed by atoms with Gasteiger partial charge in [0.25, 0.3) is 5.91 Å². The third-order valence-corrected chi connectivity index (χ3v) is 3.82. The van der Waals surface area contributed by atoms with E-state index in [0.717, 1.165) is 30.5 Å². The zero-order valence-corrected chi connectivity index (χ0v) is 13.8. The lowest BCUT2D eigenvalue weighted by atomic mass is 10.0. The minimum absolute atomic E-state index is 0.0387. The van der Waals surface area contributed by atoms with Gasteiger partial charge in [-0.1, -0.05) is 18.2 Å². The molecular weight excluding hydrogens is 369 g/mol. The fourth-order valence-electron chi connectivity index (χ4n) is 2.62. The quantitative estimate of drug-likeness (QED) is 0.497. The van der Waals surface area contributed by atoms with Crippen LogP contribution in [-0.2, 0) is 7.05 Å². The molecule has 3 aromatic rings. The van der Waals surface area contributed by atoms with E-state index in [2.05, 4.69) is 5.10 Å². The Morgan fingerprint density at radius 1 is 1.07 bits per heavy atom. The zero-order valence-electron chi connectivity index (χ0n) is 13.8. The molecule has 0 aliphatic heterocycles. The molecule has 0 spiro atoms. The Balaban J connectivity index is 2.18. The molecular formula is C18H12F5N3O. The minimum atomic E-state index is -3.39. The maximum Gasteiger partial charge on any atom is 0.321 e. The summed E-state index contributed by atoms with van der Waals surface area (Å²) in [6.45, 7) is -3.39. The number of aromatic nitrogens is 2. The van der Waals surface area contributed by atoms with Gasteiger partial charge in [0.05, 0.1) is 17.4 Å². The van der Waals surface area contributed by atoms with Gasteiger partial charge in [-0.3, -0.25) is 9.48 Å². The molecule has 9 heteroatoms. The first-order valence-electron chi connectivity index (χ1n) is 7.64. The van der Waals surface area contributed by atoms with Gasteiger partial charge in [-0.25, -0.2) is 18.1 Å². The van der Waals surface area contributed by atoms with E-state index in [0.29, 0.717) is 0 Å². The third-order valence-electron chi connectivity index (χ3n) is 3.82. The Labute approximate surface area is 150 Å². The Hall–Kier alpha value is -3.23. The molecule has 0 saturated carbocycles. The van der Waals surface area contributed by atoms with Crippen molar-refractivity contribution < 1.29 is 26.7 Å². The molecule has 0 saturated heterocycles. The highest BCUT2D eigenvalue weighted by Gasteiger charge is 2.31. The fourth-order valence-corrected chi connectivity index (χ4v) is 2.62. The summed E-state index contributed by atoms with van der Waals surface area (Å²) in [4.78, 5) is 12.5. The van der Waals surface area contributed by atoms with Gasteiger partial charge in [-0.05, 0) is 23.8 Å². The summed E-state index contributed by atoms with van der Waals surface area (Å²) >= 11 is 0. The topological polar surface area (TPSA) is 38.1 Å². The number of hydrogen-bond acceptors (Lipinski definition) is 2. The average Bonchev–Trinajstić information content (AvgIpc) is 3.05. The highest BCUT2D eigenvalue weighted by atomic mass is 19.3. The van der Waals surface area contributed by atoms with Gasteiger partial charge in [0, 0.05) is 18.8 Å². The molecule has 1 aromatic heterocycles. The maximum absolute atomic E-state index is 14.5. The van der Waals surface area contributed by atoms with E-state index < -0.39 is 35.6 Å². The number of benzene rings is 2. The average molecular weight is 381 g/mol. The lowest BCUT2D eigenvalue weighted by Crippen LogP contribution is -2.36. The number of nitrogens with zero attached hydrogens (tertiary/aromatic N) is 3. The zero-order chi connectivity index (χ0) is 19.7. The van der Waals surface area contributed by atoms with Gasteiger partial charge in [0.15, 0.2) is 11.6 Å². The molecule has 1 amide bonds. The van der Waals surface area contributed by atoms with Crippen molar-refractivity contribution in [3.63, 3.8) is 0 Å². The number of halogens is 5. The number of carbonyl (C=O) groups is 1. The van der Waals surface area contributed by atoms with E-state index in [1.807, 2.05) is 0 Å². The molecule has 140 valence electrons. The van der Waals surface area contributed by atoms with Crippen LogP contribution in [0, 0.1) is 17.5 Å². The molecule has 2 aromatic carbocycles. The van der Waals surface area contributed by atoms with E-state index in [1.165, 1.54) is 30.1 Å². The first-order chi connectivity index (χ1) is 12.8. The van der Waals surface area contributed by atoms with Crippen molar-refractivity contribution >= 4 is 11.6 Å². The van der Waals surface area contributed by atoms with Crippen LogP contribution in [0.3, 0.4) is 0 Å². The standard InChI is InChI=1S/C18H12F5N3O/c1-25-9-11(8-24-25)17(27)26(18(22)23)16-12(3-2-4-14(16)20)10-5-6-13(19)15(21)7-10/h2-9,18H,1H3. The largest absolute Gasteiger partial charge is 0.321 e. The molecule has 0 unspecified atom stereocenters. The van der Waals surface area contributed by atoms with Crippen LogP contribution in [0.4, 0.5) is 27.6 Å². The lowest BCUT2D eigenvalue weighted by molar-refractivity contribution is 0.0836. The van der Waals surface area contributed by atoms with Gasteiger partial charge in [0.1, 0.15) is 5.82 Å². The van der Waals surface area contributed by atoms with Crippen molar-refractivity contribution in [3.05, 3.63) is 71.8 Å². The van der Waals surface area contributed by atoms with Crippen LogP contribution in [0.5, 0.6) is 0 Å². The van der Waals surface area contributed by atoms with Crippen LogP contribution in [0.15, 0.2) is 48.8 Å². The first-order valence-corrected chi connectivity index (χ1v) is 7.64. The van der Waals surface area contributed by atoms with Crippen molar-refractivity contribution in [2.24, 2.45) is 7.05 Å². The summed E-state index contributed by atoms with van der Waals surface area (Å²) in [6.07, 6.45) is 2.27. The molecule has 0 fully saturated rings.